The van der Waals surface area contributed by atoms with Gasteiger partial charge >= 0.3 is 0 Å². The lowest BCUT2D eigenvalue weighted by molar-refractivity contribution is 0.410. The maximum absolute atomic E-state index is 6.23. The molecule has 0 saturated heterocycles. The summed E-state index contributed by atoms with van der Waals surface area (Å²) >= 11 is 7.75. The molecule has 0 radical (unpaired) electrons. The highest BCUT2D eigenvalue weighted by Crippen LogP contribution is 2.29. The molecule has 0 amide bonds. The number of ether oxygens (including phenoxy) is 1. The maximum Gasteiger partial charge on any atom is 0.223 e. The summed E-state index contributed by atoms with van der Waals surface area (Å²) in [4.78, 5) is 9.31. The van der Waals surface area contributed by atoms with E-state index in [-0.39, 0.29) is 5.95 Å². The van der Waals surface area contributed by atoms with E-state index in [0.717, 1.165) is 21.5 Å². The summed E-state index contributed by atoms with van der Waals surface area (Å²) in [6.07, 6.45) is 0. The molecule has 0 aliphatic heterocycles. The van der Waals surface area contributed by atoms with E-state index in [1.165, 1.54) is 11.3 Å². The molecule has 0 saturated carbocycles. The lowest BCUT2D eigenvalue weighted by Gasteiger charge is -2.12. The molecular weight excluding hydrogens is 308 g/mol. The Labute approximate surface area is 130 Å². The summed E-state index contributed by atoms with van der Waals surface area (Å²) in [6.45, 7) is 0.490. The third-order valence-corrected chi connectivity index (χ3v) is 4.23. The number of rotatable bonds is 4. The van der Waals surface area contributed by atoms with Crippen LogP contribution in [-0.2, 0) is 6.54 Å². The van der Waals surface area contributed by atoms with Crippen LogP contribution >= 0.6 is 22.9 Å². The van der Waals surface area contributed by atoms with E-state index in [0.29, 0.717) is 17.4 Å². The molecule has 7 heteroatoms. The van der Waals surface area contributed by atoms with Crippen LogP contribution in [0.1, 0.15) is 5.56 Å². The third-order valence-electron chi connectivity index (χ3n) is 3.07. The Kier molecular flexibility index (Phi) is 3.81. The van der Waals surface area contributed by atoms with Crippen molar-refractivity contribution in [1.29, 1.82) is 0 Å². The van der Waals surface area contributed by atoms with Gasteiger partial charge in [-0.2, -0.15) is 4.98 Å². The van der Waals surface area contributed by atoms with E-state index in [9.17, 15) is 0 Å². The number of nitrogen functional groups attached to an aromatic ring is 1. The van der Waals surface area contributed by atoms with Crippen LogP contribution in [0.4, 0.5) is 11.8 Å². The highest BCUT2D eigenvalue weighted by atomic mass is 35.5. The van der Waals surface area contributed by atoms with E-state index in [2.05, 4.69) is 15.3 Å². The van der Waals surface area contributed by atoms with Crippen molar-refractivity contribution in [2.45, 2.75) is 6.54 Å². The molecule has 5 nitrogen and oxygen atoms in total. The van der Waals surface area contributed by atoms with Crippen molar-refractivity contribution in [2.24, 2.45) is 0 Å². The lowest BCUT2D eigenvalue weighted by Crippen LogP contribution is -2.06. The topological polar surface area (TPSA) is 73.1 Å². The van der Waals surface area contributed by atoms with Crippen molar-refractivity contribution in [1.82, 2.24) is 9.97 Å². The third kappa shape index (κ3) is 2.72. The molecule has 3 rings (SSSR count). The average Bonchev–Trinajstić information content (AvgIpc) is 2.93. The zero-order valence-corrected chi connectivity index (χ0v) is 12.8. The number of hydrogen-bond acceptors (Lipinski definition) is 6. The van der Waals surface area contributed by atoms with Crippen LogP contribution in [0, 0.1) is 0 Å². The van der Waals surface area contributed by atoms with Crippen LogP contribution in [0.5, 0.6) is 5.75 Å². The van der Waals surface area contributed by atoms with Crippen LogP contribution in [0.3, 0.4) is 0 Å². The van der Waals surface area contributed by atoms with Crippen LogP contribution in [0.25, 0.3) is 10.2 Å². The van der Waals surface area contributed by atoms with Gasteiger partial charge in [0.15, 0.2) is 0 Å². The van der Waals surface area contributed by atoms with Crippen molar-refractivity contribution in [3.05, 3.63) is 40.2 Å². The van der Waals surface area contributed by atoms with Gasteiger partial charge in [0.05, 0.1) is 12.5 Å². The zero-order valence-electron chi connectivity index (χ0n) is 11.3. The first kappa shape index (κ1) is 13.9. The summed E-state index contributed by atoms with van der Waals surface area (Å²) in [5, 5.41) is 6.80. The van der Waals surface area contributed by atoms with E-state index in [1.54, 1.807) is 7.11 Å². The number of halogens is 1. The number of nitrogens with one attached hydrogen (secondary N) is 1. The Hall–Kier alpha value is -2.05. The molecule has 0 aliphatic carbocycles. The maximum atomic E-state index is 6.23. The first-order valence-corrected chi connectivity index (χ1v) is 7.51. The molecule has 0 aliphatic rings. The monoisotopic (exact) mass is 320 g/mol. The Balaban J connectivity index is 1.92. The van der Waals surface area contributed by atoms with Gasteiger partial charge in [0.1, 0.15) is 16.4 Å². The van der Waals surface area contributed by atoms with Gasteiger partial charge in [-0.3, -0.25) is 0 Å². The first-order chi connectivity index (χ1) is 10.2. The van der Waals surface area contributed by atoms with Gasteiger partial charge in [-0.25, -0.2) is 4.98 Å². The molecule has 2 heterocycles. The van der Waals surface area contributed by atoms with Crippen molar-refractivity contribution in [2.75, 3.05) is 18.2 Å². The van der Waals surface area contributed by atoms with Gasteiger partial charge in [-0.1, -0.05) is 17.7 Å². The highest BCUT2D eigenvalue weighted by Gasteiger charge is 2.11. The Bertz CT molecular complexity index is 790. The predicted octanol–water partition coefficient (Wildman–Crippen LogP) is 3.55. The normalized spacial score (nSPS) is 10.8. The average molecular weight is 321 g/mol. The molecule has 2 aromatic heterocycles. The minimum Gasteiger partial charge on any atom is -0.496 e. The Morgan fingerprint density at radius 1 is 1.33 bits per heavy atom. The molecule has 1 aromatic carbocycles. The number of nitrogens with two attached hydrogens (primary N) is 1. The number of hydrogen-bond donors (Lipinski definition) is 2. The standard InChI is InChI=1S/C14H13ClN4OS/c1-20-11-4-2-3-10(15)9(11)7-17-12-8-5-6-21-13(8)19-14(16)18-12/h2-6H,7H2,1H3,(H3,16,17,18,19). The van der Waals surface area contributed by atoms with Crippen molar-refractivity contribution in [3.8, 4) is 5.75 Å². The van der Waals surface area contributed by atoms with Crippen molar-refractivity contribution in [3.63, 3.8) is 0 Å². The van der Waals surface area contributed by atoms with E-state index in [4.69, 9.17) is 22.1 Å². The SMILES string of the molecule is COc1cccc(Cl)c1CNc1nc(N)nc2sccc12. The number of thiophene rings is 1. The fourth-order valence-electron chi connectivity index (χ4n) is 2.08. The molecule has 0 atom stereocenters. The second kappa shape index (κ2) is 5.75. The molecule has 108 valence electrons. The first-order valence-electron chi connectivity index (χ1n) is 6.25. The largest absolute Gasteiger partial charge is 0.496 e. The van der Waals surface area contributed by atoms with Crippen LogP contribution in [0.15, 0.2) is 29.6 Å². The molecule has 0 unspecified atom stereocenters. The van der Waals surface area contributed by atoms with Crippen LogP contribution in [0.2, 0.25) is 5.02 Å². The fourth-order valence-corrected chi connectivity index (χ4v) is 3.08. The van der Waals surface area contributed by atoms with Gasteiger partial charge < -0.3 is 15.8 Å². The quantitative estimate of drug-likeness (QED) is 0.769. The van der Waals surface area contributed by atoms with Crippen LogP contribution in [-0.4, -0.2) is 17.1 Å². The Morgan fingerprint density at radius 2 is 2.19 bits per heavy atom. The number of anilines is 2. The summed E-state index contributed by atoms with van der Waals surface area (Å²) in [7, 11) is 1.62. The molecule has 3 aromatic rings. The second-order valence-electron chi connectivity index (χ2n) is 4.34. The summed E-state index contributed by atoms with van der Waals surface area (Å²) in [5.74, 6) is 1.68. The van der Waals surface area contributed by atoms with E-state index >= 15 is 0 Å². The smallest absolute Gasteiger partial charge is 0.223 e. The van der Waals surface area contributed by atoms with Gasteiger partial charge in [0.2, 0.25) is 5.95 Å². The van der Waals surface area contributed by atoms with Gasteiger partial charge in [-0.05, 0) is 23.6 Å². The number of methoxy groups -OCH3 is 1. The molecule has 21 heavy (non-hydrogen) atoms. The van der Waals surface area contributed by atoms with E-state index < -0.39 is 0 Å². The molecule has 3 N–H and O–H groups in total. The Morgan fingerprint density at radius 3 is 3.00 bits per heavy atom. The summed E-state index contributed by atoms with van der Waals surface area (Å²) in [6, 6.07) is 7.52. The molecule has 0 spiro atoms. The zero-order chi connectivity index (χ0) is 14.8. The summed E-state index contributed by atoms with van der Waals surface area (Å²) in [5.41, 5.74) is 6.61. The number of nitrogens with zero attached hydrogens (tertiary/aromatic N) is 2. The highest BCUT2D eigenvalue weighted by molar-refractivity contribution is 7.16. The van der Waals surface area contributed by atoms with Gasteiger partial charge in [0, 0.05) is 17.1 Å². The number of aromatic nitrogens is 2. The van der Waals surface area contributed by atoms with Gasteiger partial charge in [0.25, 0.3) is 0 Å². The predicted molar refractivity (Wildman–Crippen MR) is 87.2 cm³/mol. The number of benzene rings is 1. The molecular formula is C14H13ClN4OS. The minimum atomic E-state index is 0.249. The lowest BCUT2D eigenvalue weighted by atomic mass is 10.2. The minimum absolute atomic E-state index is 0.249. The fraction of sp³-hybridized carbons (Fsp3) is 0.143. The number of fused-ring (bicyclic) bond motifs is 1. The molecule has 0 bridgehead atoms. The summed E-state index contributed by atoms with van der Waals surface area (Å²) < 4.78 is 5.33. The van der Waals surface area contributed by atoms with Gasteiger partial charge in [-0.15, -0.1) is 11.3 Å². The van der Waals surface area contributed by atoms with Crippen LogP contribution < -0.4 is 15.8 Å². The second-order valence-corrected chi connectivity index (χ2v) is 5.65. The molecule has 0 fully saturated rings. The van der Waals surface area contributed by atoms with Crippen molar-refractivity contribution < 1.29 is 4.74 Å². The van der Waals surface area contributed by atoms with E-state index in [1.807, 2.05) is 29.6 Å². The van der Waals surface area contributed by atoms with Crippen molar-refractivity contribution >= 4 is 44.9 Å².